The number of amides is 2. The first-order valence-corrected chi connectivity index (χ1v) is 8.17. The lowest BCUT2D eigenvalue weighted by molar-refractivity contribution is -0.118. The van der Waals surface area contributed by atoms with Gasteiger partial charge in [0.25, 0.3) is 0 Å². The molecular weight excluding hydrogens is 326 g/mol. The van der Waals surface area contributed by atoms with Crippen molar-refractivity contribution >= 4 is 23.7 Å². The Labute approximate surface area is 145 Å². The van der Waals surface area contributed by atoms with E-state index in [1.54, 1.807) is 24.1 Å². The highest BCUT2D eigenvalue weighted by atomic mass is 16.6. The van der Waals surface area contributed by atoms with Gasteiger partial charge in [0.1, 0.15) is 5.60 Å². The monoisotopic (exact) mass is 347 g/mol. The third kappa shape index (κ3) is 3.90. The number of rotatable bonds is 4. The topological polar surface area (TPSA) is 99.2 Å². The summed E-state index contributed by atoms with van der Waals surface area (Å²) in [5.41, 5.74) is 0.0346. The average molecular weight is 347 g/mol. The minimum absolute atomic E-state index is 0.121. The molecule has 134 valence electrons. The number of anilines is 1. The van der Waals surface area contributed by atoms with Crippen LogP contribution in [-0.4, -0.2) is 71.7 Å². The van der Waals surface area contributed by atoms with Crippen molar-refractivity contribution in [3.63, 3.8) is 0 Å². The fourth-order valence-electron chi connectivity index (χ4n) is 3.46. The number of likely N-dealkylation sites (N-methyl/N-ethyl adjacent to an activating group) is 1. The molecule has 2 N–H and O–H groups in total. The SMILES string of the molecule is CN1C[C@@]2(CCCN(CC(=O)Nc3cccc(C(=O)O)c3)C2)OC1=O. The molecular formula is C17H21N3O5. The molecule has 2 heterocycles. The number of nitrogens with one attached hydrogen (secondary N) is 1. The fourth-order valence-corrected chi connectivity index (χ4v) is 3.46. The number of benzene rings is 1. The second kappa shape index (κ2) is 6.72. The van der Waals surface area contributed by atoms with Crippen molar-refractivity contribution in [2.24, 2.45) is 0 Å². The first kappa shape index (κ1) is 17.2. The molecule has 8 nitrogen and oxygen atoms in total. The molecule has 0 unspecified atom stereocenters. The number of carbonyl (C=O) groups is 3. The maximum Gasteiger partial charge on any atom is 0.410 e. The summed E-state index contributed by atoms with van der Waals surface area (Å²) in [5, 5.41) is 11.7. The van der Waals surface area contributed by atoms with Crippen molar-refractivity contribution in [3.8, 4) is 0 Å². The van der Waals surface area contributed by atoms with Crippen LogP contribution in [0.1, 0.15) is 23.2 Å². The molecule has 1 atom stereocenters. The third-order valence-electron chi connectivity index (χ3n) is 4.52. The smallest absolute Gasteiger partial charge is 0.410 e. The standard InChI is InChI=1S/C17H21N3O5/c1-19-10-17(25-16(19)24)6-3-7-20(11-17)9-14(21)18-13-5-2-4-12(8-13)15(22)23/h2,4-5,8H,3,6-7,9-11H2,1H3,(H,18,21)(H,22,23)/t17-/m1/s1. The van der Waals surface area contributed by atoms with E-state index in [2.05, 4.69) is 5.32 Å². The summed E-state index contributed by atoms with van der Waals surface area (Å²) in [6.45, 7) is 1.97. The number of hydrogen-bond donors (Lipinski definition) is 2. The maximum absolute atomic E-state index is 12.3. The van der Waals surface area contributed by atoms with Crippen LogP contribution in [0, 0.1) is 0 Å². The Balaban J connectivity index is 1.59. The first-order chi connectivity index (χ1) is 11.9. The predicted octanol–water partition coefficient (Wildman–Crippen LogP) is 1.24. The summed E-state index contributed by atoms with van der Waals surface area (Å²) in [4.78, 5) is 38.4. The number of hydrogen-bond acceptors (Lipinski definition) is 5. The second-order valence-corrected chi connectivity index (χ2v) is 6.66. The zero-order valence-corrected chi connectivity index (χ0v) is 14.0. The molecule has 1 aromatic carbocycles. The minimum atomic E-state index is -1.04. The van der Waals surface area contributed by atoms with Crippen molar-refractivity contribution in [1.82, 2.24) is 9.80 Å². The van der Waals surface area contributed by atoms with Crippen molar-refractivity contribution in [1.29, 1.82) is 0 Å². The summed E-state index contributed by atoms with van der Waals surface area (Å²) < 4.78 is 5.52. The number of aromatic carboxylic acids is 1. The van der Waals surface area contributed by atoms with Crippen molar-refractivity contribution < 1.29 is 24.2 Å². The summed E-state index contributed by atoms with van der Waals surface area (Å²) in [6.07, 6.45) is 1.32. The zero-order chi connectivity index (χ0) is 18.0. The maximum atomic E-state index is 12.3. The van der Waals surface area contributed by atoms with Crippen LogP contribution in [0.5, 0.6) is 0 Å². The number of carboxylic acid groups (broad SMARTS) is 1. The molecule has 2 aliphatic rings. The van der Waals surface area contributed by atoms with Gasteiger partial charge in [0.2, 0.25) is 5.91 Å². The van der Waals surface area contributed by atoms with Gasteiger partial charge < -0.3 is 20.1 Å². The van der Waals surface area contributed by atoms with E-state index in [1.165, 1.54) is 12.1 Å². The number of likely N-dealkylation sites (tertiary alicyclic amines) is 1. The molecule has 0 radical (unpaired) electrons. The molecule has 1 aromatic rings. The highest BCUT2D eigenvalue weighted by Crippen LogP contribution is 2.31. The highest BCUT2D eigenvalue weighted by molar-refractivity contribution is 5.94. The van der Waals surface area contributed by atoms with Crippen LogP contribution < -0.4 is 5.32 Å². The molecule has 2 aliphatic heterocycles. The third-order valence-corrected chi connectivity index (χ3v) is 4.52. The van der Waals surface area contributed by atoms with Gasteiger partial charge in [-0.2, -0.15) is 0 Å². The molecule has 0 bridgehead atoms. The first-order valence-electron chi connectivity index (χ1n) is 8.17. The van der Waals surface area contributed by atoms with Gasteiger partial charge in [0.15, 0.2) is 0 Å². The van der Waals surface area contributed by atoms with E-state index >= 15 is 0 Å². The normalized spacial score (nSPS) is 23.6. The van der Waals surface area contributed by atoms with Crippen LogP contribution in [0.2, 0.25) is 0 Å². The lowest BCUT2D eigenvalue weighted by atomic mass is 9.93. The Kier molecular flexibility index (Phi) is 4.63. The lowest BCUT2D eigenvalue weighted by Crippen LogP contribution is -2.52. The van der Waals surface area contributed by atoms with Gasteiger partial charge in [-0.15, -0.1) is 0 Å². The number of nitrogens with zero attached hydrogens (tertiary/aromatic N) is 2. The fraction of sp³-hybridized carbons (Fsp3) is 0.471. The molecule has 3 rings (SSSR count). The summed E-state index contributed by atoms with van der Waals surface area (Å²) in [5.74, 6) is -1.27. The van der Waals surface area contributed by atoms with Crippen molar-refractivity contribution in [2.75, 3.05) is 38.5 Å². The van der Waals surface area contributed by atoms with Crippen LogP contribution >= 0.6 is 0 Å². The quantitative estimate of drug-likeness (QED) is 0.850. The lowest BCUT2D eigenvalue weighted by Gasteiger charge is -2.37. The average Bonchev–Trinajstić information content (AvgIpc) is 2.80. The van der Waals surface area contributed by atoms with Gasteiger partial charge in [-0.1, -0.05) is 6.07 Å². The minimum Gasteiger partial charge on any atom is -0.478 e. The summed E-state index contributed by atoms with van der Waals surface area (Å²) in [6, 6.07) is 6.13. The van der Waals surface area contributed by atoms with Gasteiger partial charge in [0.05, 0.1) is 18.7 Å². The van der Waals surface area contributed by atoms with E-state index in [-0.39, 0.29) is 24.1 Å². The van der Waals surface area contributed by atoms with Gasteiger partial charge in [-0.3, -0.25) is 9.69 Å². The number of carbonyl (C=O) groups excluding carboxylic acids is 2. The van der Waals surface area contributed by atoms with Gasteiger partial charge in [-0.05, 0) is 37.6 Å². The molecule has 2 saturated heterocycles. The van der Waals surface area contributed by atoms with Crippen molar-refractivity contribution in [3.05, 3.63) is 29.8 Å². The van der Waals surface area contributed by atoms with E-state index in [0.717, 1.165) is 19.4 Å². The number of carboxylic acids is 1. The summed E-state index contributed by atoms with van der Waals surface area (Å²) in [7, 11) is 1.71. The van der Waals surface area contributed by atoms with Gasteiger partial charge >= 0.3 is 12.1 Å². The van der Waals surface area contributed by atoms with Crippen LogP contribution in [0.4, 0.5) is 10.5 Å². The zero-order valence-electron chi connectivity index (χ0n) is 14.0. The Bertz CT molecular complexity index is 707. The van der Waals surface area contributed by atoms with E-state index in [1.807, 2.05) is 4.90 Å². The molecule has 0 aliphatic carbocycles. The Morgan fingerprint density at radius 3 is 2.84 bits per heavy atom. The van der Waals surface area contributed by atoms with Crippen LogP contribution in [0.3, 0.4) is 0 Å². The van der Waals surface area contributed by atoms with E-state index in [4.69, 9.17) is 9.84 Å². The molecule has 1 spiro atoms. The van der Waals surface area contributed by atoms with E-state index in [9.17, 15) is 14.4 Å². The predicted molar refractivity (Wildman–Crippen MR) is 89.5 cm³/mol. The molecule has 8 heteroatoms. The Hall–Kier alpha value is -2.61. The van der Waals surface area contributed by atoms with E-state index in [0.29, 0.717) is 18.8 Å². The second-order valence-electron chi connectivity index (χ2n) is 6.66. The molecule has 25 heavy (non-hydrogen) atoms. The highest BCUT2D eigenvalue weighted by Gasteiger charge is 2.46. The van der Waals surface area contributed by atoms with Crippen LogP contribution in [0.25, 0.3) is 0 Å². The molecule has 0 saturated carbocycles. The largest absolute Gasteiger partial charge is 0.478 e. The Morgan fingerprint density at radius 1 is 1.36 bits per heavy atom. The van der Waals surface area contributed by atoms with Crippen LogP contribution in [0.15, 0.2) is 24.3 Å². The number of piperidine rings is 1. The van der Waals surface area contributed by atoms with Gasteiger partial charge in [0, 0.05) is 19.3 Å². The molecule has 0 aromatic heterocycles. The van der Waals surface area contributed by atoms with Crippen molar-refractivity contribution in [2.45, 2.75) is 18.4 Å². The van der Waals surface area contributed by atoms with Gasteiger partial charge in [-0.25, -0.2) is 9.59 Å². The molecule has 2 fully saturated rings. The molecule has 2 amide bonds. The number of ether oxygens (including phenoxy) is 1. The van der Waals surface area contributed by atoms with Crippen LogP contribution in [-0.2, 0) is 9.53 Å². The summed E-state index contributed by atoms with van der Waals surface area (Å²) >= 11 is 0. The Morgan fingerprint density at radius 2 is 2.16 bits per heavy atom. The van der Waals surface area contributed by atoms with E-state index < -0.39 is 11.6 Å².